The highest BCUT2D eigenvalue weighted by molar-refractivity contribution is 5.78. The van der Waals surface area contributed by atoms with Gasteiger partial charge >= 0.3 is 5.97 Å². The summed E-state index contributed by atoms with van der Waals surface area (Å²) in [6.45, 7) is 0.750. The molecule has 2 fully saturated rings. The molecule has 1 amide bonds. The molecule has 0 aromatic rings. The fourth-order valence-electron chi connectivity index (χ4n) is 3.74. The van der Waals surface area contributed by atoms with E-state index in [9.17, 15) is 9.59 Å². The highest BCUT2D eigenvalue weighted by Gasteiger charge is 2.29. The van der Waals surface area contributed by atoms with Crippen molar-refractivity contribution in [2.45, 2.75) is 76.7 Å². The maximum atomic E-state index is 12.2. The summed E-state index contributed by atoms with van der Waals surface area (Å²) in [5.74, 6) is 0.200. The number of carbonyl (C=O) groups is 2. The topological polar surface area (TPSA) is 57.6 Å². The zero-order valence-corrected chi connectivity index (χ0v) is 12.4. The smallest absolute Gasteiger partial charge is 0.305 e. The molecule has 1 aliphatic heterocycles. The molecule has 2 aliphatic rings. The molecule has 1 unspecified atom stereocenters. The first-order valence-corrected chi connectivity index (χ1v) is 8.18. The van der Waals surface area contributed by atoms with Crippen LogP contribution in [-0.2, 0) is 9.59 Å². The molecule has 1 saturated heterocycles. The minimum atomic E-state index is -0.795. The van der Waals surface area contributed by atoms with Gasteiger partial charge in [-0.2, -0.15) is 0 Å². The average Bonchev–Trinajstić information content (AvgIpc) is 2.87. The fourth-order valence-corrected chi connectivity index (χ4v) is 3.74. The van der Waals surface area contributed by atoms with Crippen LogP contribution in [0.2, 0.25) is 0 Å². The average molecular weight is 281 g/mol. The van der Waals surface area contributed by atoms with Crippen molar-refractivity contribution in [2.75, 3.05) is 6.54 Å². The van der Waals surface area contributed by atoms with Crippen molar-refractivity contribution in [3.63, 3.8) is 0 Å². The second-order valence-corrected chi connectivity index (χ2v) is 6.38. The molecule has 4 nitrogen and oxygen atoms in total. The Labute approximate surface area is 121 Å². The largest absolute Gasteiger partial charge is 0.481 e. The monoisotopic (exact) mass is 281 g/mol. The number of carboxylic acids is 1. The molecular weight excluding hydrogens is 254 g/mol. The molecule has 1 N–H and O–H groups in total. The molecule has 1 aliphatic carbocycles. The number of aliphatic carboxylic acids is 1. The number of carbonyl (C=O) groups excluding carboxylic acids is 1. The number of nitrogens with zero attached hydrogens (tertiary/aromatic N) is 1. The van der Waals surface area contributed by atoms with Gasteiger partial charge in [-0.25, -0.2) is 0 Å². The van der Waals surface area contributed by atoms with Gasteiger partial charge in [0.2, 0.25) is 5.91 Å². The van der Waals surface area contributed by atoms with Gasteiger partial charge in [0.25, 0.3) is 0 Å². The Bertz CT molecular complexity index is 337. The molecule has 0 aromatic carbocycles. The van der Waals surface area contributed by atoms with E-state index in [0.29, 0.717) is 6.42 Å². The van der Waals surface area contributed by atoms with Crippen molar-refractivity contribution < 1.29 is 14.7 Å². The molecule has 0 radical (unpaired) electrons. The van der Waals surface area contributed by atoms with Crippen LogP contribution in [0, 0.1) is 5.92 Å². The van der Waals surface area contributed by atoms with Gasteiger partial charge in [0.05, 0.1) is 6.42 Å². The SMILES string of the molecule is O=C(O)CC1CCCN1C(=O)CCCC1CCCCC1. The predicted molar refractivity (Wildman–Crippen MR) is 77.4 cm³/mol. The highest BCUT2D eigenvalue weighted by Crippen LogP contribution is 2.28. The Balaban J connectivity index is 1.69. The molecule has 114 valence electrons. The molecule has 20 heavy (non-hydrogen) atoms. The van der Waals surface area contributed by atoms with E-state index >= 15 is 0 Å². The molecule has 1 saturated carbocycles. The van der Waals surface area contributed by atoms with Gasteiger partial charge in [0, 0.05) is 19.0 Å². The third kappa shape index (κ3) is 4.50. The molecule has 1 atom stereocenters. The Morgan fingerprint density at radius 2 is 1.80 bits per heavy atom. The van der Waals surface area contributed by atoms with Gasteiger partial charge in [-0.1, -0.05) is 32.1 Å². The second-order valence-electron chi connectivity index (χ2n) is 6.38. The number of hydrogen-bond donors (Lipinski definition) is 1. The van der Waals surface area contributed by atoms with E-state index in [0.717, 1.165) is 31.7 Å². The minimum Gasteiger partial charge on any atom is -0.481 e. The van der Waals surface area contributed by atoms with Crippen molar-refractivity contribution in [2.24, 2.45) is 5.92 Å². The molecular formula is C16H27NO3. The van der Waals surface area contributed by atoms with Gasteiger partial charge in [-0.05, 0) is 31.6 Å². The lowest BCUT2D eigenvalue weighted by Crippen LogP contribution is -2.36. The van der Waals surface area contributed by atoms with E-state index in [2.05, 4.69) is 0 Å². The van der Waals surface area contributed by atoms with Crippen molar-refractivity contribution in [1.29, 1.82) is 0 Å². The van der Waals surface area contributed by atoms with Crippen molar-refractivity contribution in [3.05, 3.63) is 0 Å². The first-order valence-electron chi connectivity index (χ1n) is 8.18. The maximum absolute atomic E-state index is 12.2. The summed E-state index contributed by atoms with van der Waals surface area (Å²) in [6, 6.07) is -0.0605. The minimum absolute atomic E-state index is 0.0605. The lowest BCUT2D eigenvalue weighted by atomic mass is 9.86. The summed E-state index contributed by atoms with van der Waals surface area (Å²) in [5.41, 5.74) is 0. The van der Waals surface area contributed by atoms with Crippen molar-refractivity contribution in [3.8, 4) is 0 Å². The lowest BCUT2D eigenvalue weighted by molar-refractivity contribution is -0.139. The number of amides is 1. The van der Waals surface area contributed by atoms with Crippen LogP contribution in [0.4, 0.5) is 0 Å². The molecule has 1 heterocycles. The van der Waals surface area contributed by atoms with E-state index in [1.165, 1.54) is 38.5 Å². The van der Waals surface area contributed by atoms with Crippen molar-refractivity contribution >= 4 is 11.9 Å². The maximum Gasteiger partial charge on any atom is 0.305 e. The fraction of sp³-hybridized carbons (Fsp3) is 0.875. The Hall–Kier alpha value is -1.06. The standard InChI is InChI=1S/C16H27NO3/c18-15(10-4-8-13-6-2-1-3-7-13)17-11-5-9-14(17)12-16(19)20/h13-14H,1-12H2,(H,19,20). The van der Waals surface area contributed by atoms with Crippen LogP contribution in [-0.4, -0.2) is 34.5 Å². The normalized spacial score (nSPS) is 24.0. The van der Waals surface area contributed by atoms with Crippen LogP contribution in [0.1, 0.15) is 70.6 Å². The Morgan fingerprint density at radius 3 is 2.50 bits per heavy atom. The van der Waals surface area contributed by atoms with Crippen LogP contribution in [0.5, 0.6) is 0 Å². The third-order valence-corrected chi connectivity index (χ3v) is 4.84. The molecule has 2 rings (SSSR count). The Morgan fingerprint density at radius 1 is 1.05 bits per heavy atom. The molecule has 0 bridgehead atoms. The summed E-state index contributed by atoms with van der Waals surface area (Å²) >= 11 is 0. The zero-order chi connectivity index (χ0) is 14.4. The van der Waals surface area contributed by atoms with Crippen LogP contribution in [0.3, 0.4) is 0 Å². The Kier molecular flexibility index (Phi) is 5.86. The van der Waals surface area contributed by atoms with Gasteiger partial charge in [-0.3, -0.25) is 9.59 Å². The number of likely N-dealkylation sites (tertiary alicyclic amines) is 1. The van der Waals surface area contributed by atoms with Gasteiger partial charge in [0.1, 0.15) is 0 Å². The van der Waals surface area contributed by atoms with Crippen molar-refractivity contribution in [1.82, 2.24) is 4.90 Å². The number of rotatable bonds is 6. The van der Waals surface area contributed by atoms with E-state index < -0.39 is 5.97 Å². The summed E-state index contributed by atoms with van der Waals surface area (Å²) in [6.07, 6.45) is 11.4. The lowest BCUT2D eigenvalue weighted by Gasteiger charge is -2.25. The third-order valence-electron chi connectivity index (χ3n) is 4.84. The van der Waals surface area contributed by atoms with E-state index in [1.54, 1.807) is 0 Å². The van der Waals surface area contributed by atoms with Crippen LogP contribution in [0.25, 0.3) is 0 Å². The van der Waals surface area contributed by atoms with E-state index in [-0.39, 0.29) is 18.4 Å². The summed E-state index contributed by atoms with van der Waals surface area (Å²) in [5, 5.41) is 8.88. The first-order chi connectivity index (χ1) is 9.66. The second kappa shape index (κ2) is 7.65. The van der Waals surface area contributed by atoms with E-state index in [1.807, 2.05) is 4.90 Å². The van der Waals surface area contributed by atoms with Gasteiger partial charge in [-0.15, -0.1) is 0 Å². The highest BCUT2D eigenvalue weighted by atomic mass is 16.4. The predicted octanol–water partition coefficient (Wildman–Crippen LogP) is 3.20. The molecule has 4 heteroatoms. The summed E-state index contributed by atoms with van der Waals surface area (Å²) in [4.78, 5) is 24.8. The quantitative estimate of drug-likeness (QED) is 0.813. The zero-order valence-electron chi connectivity index (χ0n) is 12.4. The van der Waals surface area contributed by atoms with E-state index in [4.69, 9.17) is 5.11 Å². The van der Waals surface area contributed by atoms with Gasteiger partial charge < -0.3 is 10.0 Å². The molecule has 0 spiro atoms. The number of hydrogen-bond acceptors (Lipinski definition) is 2. The van der Waals surface area contributed by atoms with Gasteiger partial charge in [0.15, 0.2) is 0 Å². The summed E-state index contributed by atoms with van der Waals surface area (Å²) < 4.78 is 0. The number of carboxylic acid groups (broad SMARTS) is 1. The van der Waals surface area contributed by atoms with Crippen LogP contribution >= 0.6 is 0 Å². The molecule has 0 aromatic heterocycles. The summed E-state index contributed by atoms with van der Waals surface area (Å²) in [7, 11) is 0. The first kappa shape index (κ1) is 15.3. The van der Waals surface area contributed by atoms with Crippen LogP contribution < -0.4 is 0 Å². The van der Waals surface area contributed by atoms with Crippen LogP contribution in [0.15, 0.2) is 0 Å².